The summed E-state index contributed by atoms with van der Waals surface area (Å²) in [4.78, 5) is 14.9. The second-order valence-corrected chi connectivity index (χ2v) is 5.41. The zero-order valence-corrected chi connectivity index (χ0v) is 13.6. The molecule has 122 valence electrons. The highest BCUT2D eigenvalue weighted by molar-refractivity contribution is 6.30. The minimum atomic E-state index is -0.448. The van der Waals surface area contributed by atoms with Crippen LogP contribution in [0.15, 0.2) is 40.9 Å². The number of halogens is 1. The normalized spacial score (nSPS) is 10.6. The summed E-state index contributed by atoms with van der Waals surface area (Å²) in [5, 5.41) is 15.5. The Morgan fingerprint density at radius 2 is 2.04 bits per heavy atom. The SMILES string of the molecule is COc1ccc(Cl)cc1-c1noc(-c2cccc([N+](=O)[O-])c2C)n1. The molecule has 2 aromatic carbocycles. The molecule has 0 bridgehead atoms. The summed E-state index contributed by atoms with van der Waals surface area (Å²) in [6.07, 6.45) is 0. The third-order valence-corrected chi connectivity index (χ3v) is 3.80. The van der Waals surface area contributed by atoms with E-state index in [0.29, 0.717) is 27.5 Å². The van der Waals surface area contributed by atoms with Crippen LogP contribution in [0.25, 0.3) is 22.8 Å². The molecule has 0 spiro atoms. The molecule has 1 aromatic heterocycles. The second kappa shape index (κ2) is 6.29. The van der Waals surface area contributed by atoms with Crippen LogP contribution < -0.4 is 4.74 Å². The first-order valence-electron chi connectivity index (χ1n) is 6.93. The molecule has 0 aliphatic carbocycles. The summed E-state index contributed by atoms with van der Waals surface area (Å²) in [6.45, 7) is 1.64. The van der Waals surface area contributed by atoms with Crippen molar-refractivity contribution >= 4 is 17.3 Å². The van der Waals surface area contributed by atoms with Crippen LogP contribution in [0.1, 0.15) is 5.56 Å². The van der Waals surface area contributed by atoms with Crippen molar-refractivity contribution in [3.8, 4) is 28.6 Å². The minimum Gasteiger partial charge on any atom is -0.496 e. The van der Waals surface area contributed by atoms with Crippen LogP contribution in [0.2, 0.25) is 5.02 Å². The van der Waals surface area contributed by atoms with E-state index < -0.39 is 4.92 Å². The zero-order valence-electron chi connectivity index (χ0n) is 12.8. The highest BCUT2D eigenvalue weighted by Crippen LogP contribution is 2.34. The molecule has 0 saturated carbocycles. The summed E-state index contributed by atoms with van der Waals surface area (Å²) in [5.74, 6) is 1.02. The van der Waals surface area contributed by atoms with Gasteiger partial charge in [-0.3, -0.25) is 10.1 Å². The fourth-order valence-electron chi connectivity index (χ4n) is 2.35. The van der Waals surface area contributed by atoms with Gasteiger partial charge in [0.05, 0.1) is 17.6 Å². The maximum Gasteiger partial charge on any atom is 0.273 e. The lowest BCUT2D eigenvalue weighted by atomic mass is 10.1. The summed E-state index contributed by atoms with van der Waals surface area (Å²) in [7, 11) is 1.53. The molecular weight excluding hydrogens is 334 g/mol. The van der Waals surface area contributed by atoms with E-state index in [0.717, 1.165) is 0 Å². The molecule has 0 saturated heterocycles. The van der Waals surface area contributed by atoms with Gasteiger partial charge >= 0.3 is 0 Å². The number of aromatic nitrogens is 2. The van der Waals surface area contributed by atoms with Crippen LogP contribution in [0.5, 0.6) is 5.75 Å². The monoisotopic (exact) mass is 345 g/mol. The average molecular weight is 346 g/mol. The van der Waals surface area contributed by atoms with Gasteiger partial charge in [-0.25, -0.2) is 0 Å². The summed E-state index contributed by atoms with van der Waals surface area (Å²) in [5.41, 5.74) is 1.52. The van der Waals surface area contributed by atoms with Crippen molar-refractivity contribution in [3.05, 3.63) is 57.1 Å². The molecule has 3 rings (SSSR count). The van der Waals surface area contributed by atoms with Gasteiger partial charge in [-0.1, -0.05) is 22.8 Å². The number of methoxy groups -OCH3 is 1. The van der Waals surface area contributed by atoms with E-state index in [1.165, 1.54) is 13.2 Å². The Morgan fingerprint density at radius 3 is 2.75 bits per heavy atom. The van der Waals surface area contributed by atoms with Gasteiger partial charge in [0.2, 0.25) is 5.82 Å². The summed E-state index contributed by atoms with van der Waals surface area (Å²) < 4.78 is 10.6. The molecule has 7 nitrogen and oxygen atoms in total. The Kier molecular flexibility index (Phi) is 4.18. The van der Waals surface area contributed by atoms with Crippen LogP contribution in [0.4, 0.5) is 5.69 Å². The number of hydrogen-bond acceptors (Lipinski definition) is 6. The topological polar surface area (TPSA) is 91.3 Å². The number of hydrogen-bond donors (Lipinski definition) is 0. The number of nitro benzene ring substituents is 1. The van der Waals surface area contributed by atoms with Gasteiger partial charge in [-0.15, -0.1) is 0 Å². The number of nitrogens with zero attached hydrogens (tertiary/aromatic N) is 3. The predicted molar refractivity (Wildman–Crippen MR) is 88.1 cm³/mol. The van der Waals surface area contributed by atoms with E-state index in [1.807, 2.05) is 0 Å². The van der Waals surface area contributed by atoms with Crippen molar-refractivity contribution in [2.75, 3.05) is 7.11 Å². The van der Waals surface area contributed by atoms with Crippen LogP contribution in [-0.2, 0) is 0 Å². The first-order valence-corrected chi connectivity index (χ1v) is 7.31. The van der Waals surface area contributed by atoms with Crippen LogP contribution in [-0.4, -0.2) is 22.2 Å². The standard InChI is InChI=1S/C16H12ClN3O4/c1-9-11(4-3-5-13(9)20(21)22)16-18-15(19-24-16)12-8-10(17)6-7-14(12)23-2/h3-8H,1-2H3. The molecule has 0 aliphatic heterocycles. The molecule has 0 radical (unpaired) electrons. The fourth-order valence-corrected chi connectivity index (χ4v) is 2.52. The lowest BCUT2D eigenvalue weighted by molar-refractivity contribution is -0.385. The molecule has 3 aromatic rings. The average Bonchev–Trinajstić information content (AvgIpc) is 3.04. The molecule has 8 heteroatoms. The van der Waals surface area contributed by atoms with Crippen LogP contribution in [0.3, 0.4) is 0 Å². The van der Waals surface area contributed by atoms with Crippen LogP contribution >= 0.6 is 11.6 Å². The quantitative estimate of drug-likeness (QED) is 0.517. The Hall–Kier alpha value is -2.93. The predicted octanol–water partition coefficient (Wildman–Crippen LogP) is 4.28. The Labute approximate surface area is 142 Å². The molecule has 0 fully saturated rings. The van der Waals surface area contributed by atoms with Crippen molar-refractivity contribution in [2.45, 2.75) is 6.92 Å². The zero-order chi connectivity index (χ0) is 17.3. The van der Waals surface area contributed by atoms with Gasteiger partial charge in [-0.2, -0.15) is 4.98 Å². The number of benzene rings is 2. The lowest BCUT2D eigenvalue weighted by Crippen LogP contribution is -1.94. The van der Waals surface area contributed by atoms with E-state index in [4.69, 9.17) is 20.9 Å². The van der Waals surface area contributed by atoms with E-state index in [9.17, 15) is 10.1 Å². The lowest BCUT2D eigenvalue weighted by Gasteiger charge is -2.04. The van der Waals surface area contributed by atoms with Crippen molar-refractivity contribution < 1.29 is 14.2 Å². The molecule has 0 unspecified atom stereocenters. The Bertz CT molecular complexity index is 923. The highest BCUT2D eigenvalue weighted by atomic mass is 35.5. The molecule has 1 heterocycles. The highest BCUT2D eigenvalue weighted by Gasteiger charge is 2.20. The van der Waals surface area contributed by atoms with Gasteiger partial charge in [-0.05, 0) is 31.2 Å². The van der Waals surface area contributed by atoms with Gasteiger partial charge < -0.3 is 9.26 Å². The van der Waals surface area contributed by atoms with Gasteiger partial charge in [0, 0.05) is 22.2 Å². The molecule has 0 atom stereocenters. The largest absolute Gasteiger partial charge is 0.496 e. The van der Waals surface area contributed by atoms with E-state index in [2.05, 4.69) is 10.1 Å². The number of nitro groups is 1. The number of rotatable bonds is 4. The van der Waals surface area contributed by atoms with Gasteiger partial charge in [0.25, 0.3) is 11.6 Å². The second-order valence-electron chi connectivity index (χ2n) is 4.97. The first kappa shape index (κ1) is 15.9. The third-order valence-electron chi connectivity index (χ3n) is 3.56. The van der Waals surface area contributed by atoms with Crippen molar-refractivity contribution in [1.29, 1.82) is 0 Å². The molecule has 0 N–H and O–H groups in total. The summed E-state index contributed by atoms with van der Waals surface area (Å²) >= 11 is 6.01. The summed E-state index contributed by atoms with van der Waals surface area (Å²) in [6, 6.07) is 9.74. The third kappa shape index (κ3) is 2.81. The molecule has 24 heavy (non-hydrogen) atoms. The van der Waals surface area contributed by atoms with Gasteiger partial charge in [0.1, 0.15) is 5.75 Å². The van der Waals surface area contributed by atoms with Crippen LogP contribution in [0, 0.1) is 17.0 Å². The van der Waals surface area contributed by atoms with Crippen molar-refractivity contribution in [3.63, 3.8) is 0 Å². The van der Waals surface area contributed by atoms with Gasteiger partial charge in [0.15, 0.2) is 0 Å². The Morgan fingerprint density at radius 1 is 1.25 bits per heavy atom. The molecular formula is C16H12ClN3O4. The van der Waals surface area contributed by atoms with E-state index in [-0.39, 0.29) is 17.4 Å². The van der Waals surface area contributed by atoms with Crippen molar-refractivity contribution in [2.24, 2.45) is 0 Å². The smallest absolute Gasteiger partial charge is 0.273 e. The number of ether oxygens (including phenoxy) is 1. The molecule has 0 amide bonds. The first-order chi connectivity index (χ1) is 11.5. The Balaban J connectivity index is 2.08. The maximum atomic E-state index is 11.1. The maximum absolute atomic E-state index is 11.1. The van der Waals surface area contributed by atoms with E-state index >= 15 is 0 Å². The van der Waals surface area contributed by atoms with E-state index in [1.54, 1.807) is 37.3 Å². The minimum absolute atomic E-state index is 0.00686. The fraction of sp³-hybridized carbons (Fsp3) is 0.125. The molecule has 0 aliphatic rings. The van der Waals surface area contributed by atoms with Crippen molar-refractivity contribution in [1.82, 2.24) is 10.1 Å².